The van der Waals surface area contributed by atoms with Crippen molar-refractivity contribution in [1.29, 1.82) is 0 Å². The minimum atomic E-state index is -0.985. The van der Waals surface area contributed by atoms with Crippen molar-refractivity contribution in [2.75, 3.05) is 0 Å². The molecule has 0 bridgehead atoms. The second-order valence-electron chi connectivity index (χ2n) is 7.62. The highest BCUT2D eigenvalue weighted by Crippen LogP contribution is 2.43. The lowest BCUT2D eigenvalue weighted by Crippen LogP contribution is -2.06. The molecule has 4 rings (SSSR count). The lowest BCUT2D eigenvalue weighted by Gasteiger charge is -2.12. The van der Waals surface area contributed by atoms with Crippen LogP contribution in [-0.2, 0) is 9.53 Å². The summed E-state index contributed by atoms with van der Waals surface area (Å²) in [5.41, 5.74) is 0.669. The summed E-state index contributed by atoms with van der Waals surface area (Å²) in [5.74, 6) is -3.12. The van der Waals surface area contributed by atoms with Gasteiger partial charge in [-0.3, -0.25) is 9.59 Å². The number of carbonyl (C=O) groups excluding carboxylic acids is 2. The minimum absolute atomic E-state index is 0.0378. The average molecular weight is 498 g/mol. The van der Waals surface area contributed by atoms with E-state index >= 15 is 0 Å². The number of carbonyl (C=O) groups is 2. The molecule has 0 aliphatic rings. The van der Waals surface area contributed by atoms with Crippen LogP contribution in [0.4, 0.5) is 13.2 Å². The number of phenols is 1. The van der Waals surface area contributed by atoms with Gasteiger partial charge < -0.3 is 14.6 Å². The number of fused-ring (bicyclic) bond motifs is 1. The topological polar surface area (TPSA) is 72.8 Å². The van der Waals surface area contributed by atoms with Gasteiger partial charge in [-0.2, -0.15) is 0 Å². The smallest absolute Gasteiger partial charge is 0.297 e. The number of rotatable bonds is 7. The van der Waals surface area contributed by atoms with Crippen molar-refractivity contribution in [2.45, 2.75) is 13.8 Å². The Morgan fingerprint density at radius 3 is 2.29 bits per heavy atom. The maximum atomic E-state index is 14.6. The zero-order chi connectivity index (χ0) is 25.3. The van der Waals surface area contributed by atoms with Crippen LogP contribution in [0.25, 0.3) is 16.2 Å². The molecule has 0 aliphatic heterocycles. The molecule has 0 unspecified atom stereocenters. The molecule has 0 saturated heterocycles. The van der Waals surface area contributed by atoms with E-state index in [1.165, 1.54) is 30.3 Å². The normalized spacial score (nSPS) is 11.2. The third-order valence-electron chi connectivity index (χ3n) is 5.20. The molecule has 0 fully saturated rings. The van der Waals surface area contributed by atoms with E-state index in [4.69, 9.17) is 4.74 Å². The van der Waals surface area contributed by atoms with Crippen molar-refractivity contribution in [2.24, 2.45) is 0 Å². The number of hydrogen-bond acceptors (Lipinski definition) is 6. The fourth-order valence-corrected chi connectivity index (χ4v) is 4.84. The number of hydrogen-bond donors (Lipinski definition) is 1. The van der Waals surface area contributed by atoms with E-state index in [-0.39, 0.29) is 34.2 Å². The van der Waals surface area contributed by atoms with Gasteiger partial charge in [-0.1, -0.05) is 0 Å². The quantitative estimate of drug-likeness (QED) is 0.172. The molecule has 0 saturated carbocycles. The number of benzene rings is 3. The first-order valence-corrected chi connectivity index (χ1v) is 11.0. The number of thiophene rings is 1. The molecule has 35 heavy (non-hydrogen) atoms. The first-order chi connectivity index (χ1) is 16.7. The van der Waals surface area contributed by atoms with Gasteiger partial charge in [0.25, 0.3) is 6.47 Å². The molecule has 5 nitrogen and oxygen atoms in total. The number of ketones is 1. The van der Waals surface area contributed by atoms with Crippen molar-refractivity contribution < 1.29 is 37.3 Å². The van der Waals surface area contributed by atoms with E-state index in [1.807, 2.05) is 0 Å². The first kappa shape index (κ1) is 24.0. The highest BCUT2D eigenvalue weighted by Gasteiger charge is 2.25. The number of halogens is 3. The molecule has 0 amide bonds. The Labute approximate surface area is 201 Å². The van der Waals surface area contributed by atoms with E-state index in [2.05, 4.69) is 4.74 Å². The first-order valence-electron chi connectivity index (χ1n) is 10.2. The molecule has 1 heterocycles. The highest BCUT2D eigenvalue weighted by atomic mass is 32.1. The van der Waals surface area contributed by atoms with Gasteiger partial charge in [-0.25, -0.2) is 13.2 Å². The maximum Gasteiger partial charge on any atom is 0.297 e. The molecule has 9 heteroatoms. The summed E-state index contributed by atoms with van der Waals surface area (Å²) in [5, 5.41) is 10.3. The van der Waals surface area contributed by atoms with Crippen LogP contribution in [0.3, 0.4) is 0 Å². The lowest BCUT2D eigenvalue weighted by atomic mass is 9.97. The Balaban J connectivity index is 1.83. The van der Waals surface area contributed by atoms with Gasteiger partial charge in [-0.15, -0.1) is 11.3 Å². The summed E-state index contributed by atoms with van der Waals surface area (Å²) in [4.78, 5) is 23.9. The Morgan fingerprint density at radius 2 is 1.66 bits per heavy atom. The summed E-state index contributed by atoms with van der Waals surface area (Å²) in [7, 11) is 0. The van der Waals surface area contributed by atoms with E-state index in [0.717, 1.165) is 35.8 Å². The molecular weight excluding hydrogens is 481 g/mol. The van der Waals surface area contributed by atoms with Gasteiger partial charge in [0.2, 0.25) is 5.78 Å². The molecule has 3 aromatic carbocycles. The molecule has 0 radical (unpaired) electrons. The van der Waals surface area contributed by atoms with Gasteiger partial charge in [0.1, 0.15) is 33.8 Å². The summed E-state index contributed by atoms with van der Waals surface area (Å²) in [6, 6.07) is 8.70. The standard InChI is InChI=1S/C26H17F3O5S/c1-13-7-15(27)8-14(2)23(13)24(32)26-25(19-4-3-16(31)9-22(19)35-26)34-17-10-20(28)18(21(29)11-17)5-6-33-12-30/h3-12,31H,1-2H3/b6-5+. The van der Waals surface area contributed by atoms with Gasteiger partial charge in [0, 0.05) is 33.3 Å². The van der Waals surface area contributed by atoms with E-state index in [1.54, 1.807) is 13.8 Å². The van der Waals surface area contributed by atoms with Crippen molar-refractivity contribution in [3.63, 3.8) is 0 Å². The van der Waals surface area contributed by atoms with Crippen LogP contribution >= 0.6 is 11.3 Å². The van der Waals surface area contributed by atoms with E-state index in [9.17, 15) is 27.9 Å². The summed E-state index contributed by atoms with van der Waals surface area (Å²) < 4.78 is 53.6. The number of phenolic OH excluding ortho intramolecular Hbond substituents is 1. The third kappa shape index (κ3) is 4.76. The van der Waals surface area contributed by atoms with Crippen molar-refractivity contribution >= 4 is 39.8 Å². The monoisotopic (exact) mass is 498 g/mol. The van der Waals surface area contributed by atoms with Crippen LogP contribution in [0.2, 0.25) is 0 Å². The summed E-state index contributed by atoms with van der Waals surface area (Å²) in [6.07, 6.45) is 1.78. The predicted octanol–water partition coefficient (Wildman–Crippen LogP) is 6.81. The number of ether oxygens (including phenoxy) is 2. The van der Waals surface area contributed by atoms with Gasteiger partial charge in [-0.05, 0) is 61.4 Å². The molecule has 0 spiro atoms. The molecule has 178 valence electrons. The Hall–Kier alpha value is -4.11. The summed E-state index contributed by atoms with van der Waals surface area (Å²) >= 11 is 1.03. The molecule has 0 atom stereocenters. The van der Waals surface area contributed by atoms with Crippen LogP contribution in [-0.4, -0.2) is 17.4 Å². The lowest BCUT2D eigenvalue weighted by molar-refractivity contribution is -0.123. The molecular formula is C26H17F3O5S. The number of aromatic hydroxyl groups is 1. The largest absolute Gasteiger partial charge is 0.508 e. The van der Waals surface area contributed by atoms with Gasteiger partial charge in [0.15, 0.2) is 5.75 Å². The second-order valence-corrected chi connectivity index (χ2v) is 8.67. The second kappa shape index (κ2) is 9.63. The Bertz CT molecular complexity index is 1460. The van der Waals surface area contributed by atoms with E-state index in [0.29, 0.717) is 21.2 Å². The zero-order valence-electron chi connectivity index (χ0n) is 18.4. The average Bonchev–Trinajstić information content (AvgIpc) is 3.12. The molecule has 0 aliphatic carbocycles. The van der Waals surface area contributed by atoms with Crippen molar-refractivity contribution in [1.82, 2.24) is 0 Å². The predicted molar refractivity (Wildman–Crippen MR) is 125 cm³/mol. The molecule has 1 aromatic heterocycles. The van der Waals surface area contributed by atoms with E-state index < -0.39 is 28.8 Å². The SMILES string of the molecule is Cc1cc(F)cc(C)c1C(=O)c1sc2cc(O)ccc2c1Oc1cc(F)c(/C=C/OC=O)c(F)c1. The van der Waals surface area contributed by atoms with Crippen LogP contribution in [0.5, 0.6) is 17.2 Å². The summed E-state index contributed by atoms with van der Waals surface area (Å²) in [6.45, 7) is 3.31. The van der Waals surface area contributed by atoms with Gasteiger partial charge >= 0.3 is 0 Å². The van der Waals surface area contributed by atoms with Crippen molar-refractivity contribution in [3.05, 3.63) is 93.3 Å². The maximum absolute atomic E-state index is 14.6. The van der Waals surface area contributed by atoms with Crippen LogP contribution < -0.4 is 4.74 Å². The third-order valence-corrected chi connectivity index (χ3v) is 6.33. The molecule has 4 aromatic rings. The van der Waals surface area contributed by atoms with Crippen LogP contribution in [0, 0.1) is 31.3 Å². The number of aryl methyl sites for hydroxylation is 2. The highest BCUT2D eigenvalue weighted by molar-refractivity contribution is 7.21. The zero-order valence-corrected chi connectivity index (χ0v) is 19.2. The molecule has 1 N–H and O–H groups in total. The van der Waals surface area contributed by atoms with Crippen LogP contribution in [0.15, 0.2) is 48.7 Å². The van der Waals surface area contributed by atoms with Crippen LogP contribution in [0.1, 0.15) is 31.9 Å². The minimum Gasteiger partial charge on any atom is -0.508 e. The Kier molecular flexibility index (Phi) is 6.61. The Morgan fingerprint density at radius 1 is 1.00 bits per heavy atom. The fraction of sp³-hybridized carbons (Fsp3) is 0.0769. The fourth-order valence-electron chi connectivity index (χ4n) is 3.73. The van der Waals surface area contributed by atoms with Gasteiger partial charge in [0.05, 0.1) is 6.26 Å². The van der Waals surface area contributed by atoms with Crippen molar-refractivity contribution in [3.8, 4) is 17.2 Å².